The van der Waals surface area contributed by atoms with E-state index in [4.69, 9.17) is 0 Å². The zero-order valence-corrected chi connectivity index (χ0v) is 20.2. The number of benzene rings is 1. The van der Waals surface area contributed by atoms with Gasteiger partial charge in [0, 0.05) is 36.6 Å². The first-order valence-electron chi connectivity index (χ1n) is 12.9. The van der Waals surface area contributed by atoms with Crippen LogP contribution in [0.5, 0.6) is 0 Å². The van der Waals surface area contributed by atoms with E-state index in [9.17, 15) is 9.59 Å². The van der Waals surface area contributed by atoms with Crippen molar-refractivity contribution in [1.82, 2.24) is 15.1 Å². The van der Waals surface area contributed by atoms with Crippen LogP contribution < -0.4 is 10.2 Å². The van der Waals surface area contributed by atoms with Crippen molar-refractivity contribution in [1.29, 1.82) is 0 Å². The molecule has 2 saturated heterocycles. The van der Waals surface area contributed by atoms with Gasteiger partial charge in [-0.05, 0) is 70.0 Å². The molecule has 6 heteroatoms. The Morgan fingerprint density at radius 2 is 1.85 bits per heavy atom. The van der Waals surface area contributed by atoms with E-state index in [0.717, 1.165) is 31.5 Å². The van der Waals surface area contributed by atoms with Crippen molar-refractivity contribution >= 4 is 17.5 Å². The molecule has 0 aromatic heterocycles. The molecule has 0 spiro atoms. The molecule has 33 heavy (non-hydrogen) atoms. The molecule has 4 aliphatic rings. The molecule has 178 valence electrons. The van der Waals surface area contributed by atoms with Gasteiger partial charge in [0.15, 0.2) is 0 Å². The maximum Gasteiger partial charge on any atom is 0.269 e. The van der Waals surface area contributed by atoms with Crippen LogP contribution in [0.4, 0.5) is 5.69 Å². The van der Waals surface area contributed by atoms with Gasteiger partial charge in [-0.2, -0.15) is 0 Å². The Hall–Kier alpha value is -2.34. The normalized spacial score (nSPS) is 32.1. The number of amides is 2. The van der Waals surface area contributed by atoms with E-state index in [1.54, 1.807) is 4.90 Å². The van der Waals surface area contributed by atoms with Gasteiger partial charge in [-0.15, -0.1) is 0 Å². The minimum absolute atomic E-state index is 0.0394. The molecule has 3 heterocycles. The lowest BCUT2D eigenvalue weighted by Crippen LogP contribution is -2.55. The highest BCUT2D eigenvalue weighted by Gasteiger charge is 2.54. The number of anilines is 1. The van der Waals surface area contributed by atoms with Crippen LogP contribution >= 0.6 is 0 Å². The third-order valence-corrected chi connectivity index (χ3v) is 8.48. The number of fused-ring (bicyclic) bond motifs is 3. The van der Waals surface area contributed by atoms with E-state index in [1.165, 1.54) is 19.3 Å². The summed E-state index contributed by atoms with van der Waals surface area (Å²) in [6.45, 7) is 8.44. The molecule has 0 radical (unpaired) electrons. The number of hydrogen-bond donors (Lipinski definition) is 1. The maximum atomic E-state index is 13.7. The number of likely N-dealkylation sites (tertiary alicyclic amines) is 1. The van der Waals surface area contributed by atoms with Gasteiger partial charge in [0.2, 0.25) is 0 Å². The Bertz CT molecular complexity index is 914. The van der Waals surface area contributed by atoms with Gasteiger partial charge in [-0.3, -0.25) is 19.4 Å². The number of para-hydroxylation sites is 1. The molecular formula is C27H38N4O2. The monoisotopic (exact) mass is 450 g/mol. The third-order valence-electron chi connectivity index (χ3n) is 8.48. The summed E-state index contributed by atoms with van der Waals surface area (Å²) in [4.78, 5) is 33.8. The lowest BCUT2D eigenvalue weighted by molar-refractivity contribution is -0.126. The fourth-order valence-corrected chi connectivity index (χ4v) is 6.88. The predicted molar refractivity (Wildman–Crippen MR) is 130 cm³/mol. The molecule has 0 bridgehead atoms. The summed E-state index contributed by atoms with van der Waals surface area (Å²) in [5.74, 6) is 0.784. The van der Waals surface area contributed by atoms with E-state index in [1.807, 2.05) is 36.5 Å². The lowest BCUT2D eigenvalue weighted by Gasteiger charge is -2.41. The molecular weight excluding hydrogens is 412 g/mol. The minimum Gasteiger partial charge on any atom is -0.350 e. The number of carbonyl (C=O) groups excluding carboxylic acids is 2. The van der Waals surface area contributed by atoms with Crippen LogP contribution in [-0.2, 0) is 9.59 Å². The summed E-state index contributed by atoms with van der Waals surface area (Å²) >= 11 is 0. The number of hydrogen-bond acceptors (Lipinski definition) is 4. The van der Waals surface area contributed by atoms with Crippen LogP contribution in [0.25, 0.3) is 0 Å². The van der Waals surface area contributed by atoms with E-state index in [0.29, 0.717) is 30.2 Å². The summed E-state index contributed by atoms with van der Waals surface area (Å²) in [7, 11) is 0. The first kappa shape index (κ1) is 22.5. The largest absolute Gasteiger partial charge is 0.350 e. The molecule has 6 nitrogen and oxygen atoms in total. The summed E-state index contributed by atoms with van der Waals surface area (Å²) in [5.41, 5.74) is 1.50. The second kappa shape index (κ2) is 9.13. The maximum absolute atomic E-state index is 13.7. The Morgan fingerprint density at radius 3 is 2.61 bits per heavy atom. The fraction of sp³-hybridized carbons (Fsp3) is 0.630. The molecule has 5 rings (SSSR count). The first-order valence-corrected chi connectivity index (χ1v) is 12.9. The molecule has 1 aliphatic carbocycles. The zero-order chi connectivity index (χ0) is 23.1. The van der Waals surface area contributed by atoms with Gasteiger partial charge in [-0.1, -0.05) is 38.0 Å². The third kappa shape index (κ3) is 3.96. The molecule has 1 saturated carbocycles. The molecule has 5 atom stereocenters. The fourth-order valence-electron chi connectivity index (χ4n) is 6.88. The second-order valence-electron chi connectivity index (χ2n) is 10.6. The summed E-state index contributed by atoms with van der Waals surface area (Å²) in [5, 5.41) is 3.26. The van der Waals surface area contributed by atoms with Crippen LogP contribution in [0.15, 0.2) is 42.2 Å². The van der Waals surface area contributed by atoms with Crippen molar-refractivity contribution in [2.75, 3.05) is 18.0 Å². The number of nitrogens with zero attached hydrogens (tertiary/aromatic N) is 3. The summed E-state index contributed by atoms with van der Waals surface area (Å²) in [6.07, 6.45) is 8.74. The van der Waals surface area contributed by atoms with Crippen molar-refractivity contribution in [3.63, 3.8) is 0 Å². The van der Waals surface area contributed by atoms with Gasteiger partial charge in [0.25, 0.3) is 11.8 Å². The molecule has 1 N–H and O–H groups in total. The highest BCUT2D eigenvalue weighted by atomic mass is 16.2. The van der Waals surface area contributed by atoms with Crippen molar-refractivity contribution in [3.05, 3.63) is 42.2 Å². The minimum atomic E-state index is -0.261. The first-order chi connectivity index (χ1) is 16.0. The van der Waals surface area contributed by atoms with Crippen molar-refractivity contribution in [3.8, 4) is 0 Å². The van der Waals surface area contributed by atoms with Crippen molar-refractivity contribution < 1.29 is 9.59 Å². The summed E-state index contributed by atoms with van der Waals surface area (Å²) < 4.78 is 0. The number of carbonyl (C=O) groups is 2. The van der Waals surface area contributed by atoms with Crippen LogP contribution in [0, 0.1) is 11.8 Å². The SMILES string of the molecule is CC1C2CCCCC2N2C(C(=O)NC[C@@H]3CCCN3C(C)C)=CN(c3ccccc3)C(=O)C12. The van der Waals surface area contributed by atoms with E-state index in [2.05, 4.69) is 35.9 Å². The van der Waals surface area contributed by atoms with Crippen LogP contribution in [0.2, 0.25) is 0 Å². The topological polar surface area (TPSA) is 55.9 Å². The molecule has 3 aliphatic heterocycles. The highest BCUT2D eigenvalue weighted by molar-refractivity contribution is 6.05. The van der Waals surface area contributed by atoms with Gasteiger partial charge < -0.3 is 10.2 Å². The highest BCUT2D eigenvalue weighted by Crippen LogP contribution is 2.47. The van der Waals surface area contributed by atoms with Crippen molar-refractivity contribution in [2.45, 2.75) is 83.5 Å². The zero-order valence-electron chi connectivity index (χ0n) is 20.2. The molecule has 1 aromatic carbocycles. The number of nitrogens with one attached hydrogen (secondary N) is 1. The average Bonchev–Trinajstić information content (AvgIpc) is 3.42. The van der Waals surface area contributed by atoms with Crippen molar-refractivity contribution in [2.24, 2.45) is 11.8 Å². The van der Waals surface area contributed by atoms with E-state index < -0.39 is 0 Å². The quantitative estimate of drug-likeness (QED) is 0.743. The van der Waals surface area contributed by atoms with E-state index >= 15 is 0 Å². The van der Waals surface area contributed by atoms with Crippen LogP contribution in [0.1, 0.15) is 59.3 Å². The Kier molecular flexibility index (Phi) is 6.21. The summed E-state index contributed by atoms with van der Waals surface area (Å²) in [6, 6.07) is 10.6. The Morgan fingerprint density at radius 1 is 1.09 bits per heavy atom. The van der Waals surface area contributed by atoms with Gasteiger partial charge >= 0.3 is 0 Å². The Labute approximate surface area is 198 Å². The smallest absolute Gasteiger partial charge is 0.269 e. The lowest BCUT2D eigenvalue weighted by atomic mass is 9.79. The average molecular weight is 451 g/mol. The van der Waals surface area contributed by atoms with Crippen LogP contribution in [-0.4, -0.2) is 58.9 Å². The predicted octanol–water partition coefficient (Wildman–Crippen LogP) is 3.74. The van der Waals surface area contributed by atoms with Gasteiger partial charge in [-0.25, -0.2) is 0 Å². The molecule has 2 amide bonds. The van der Waals surface area contributed by atoms with Gasteiger partial charge in [0.05, 0.1) is 0 Å². The molecule has 3 fully saturated rings. The standard InChI is InChI=1S/C27H38N4O2/c1-18(2)29-15-9-12-21(29)16-28-26(32)24-17-30(20-10-5-4-6-11-20)27(33)25-19(3)22-13-7-8-14-23(22)31(24)25/h4-6,10-11,17-19,21-23,25H,7-9,12-16H2,1-3H3,(H,28,32)/t19?,21-,22?,23?,25?/m0/s1. The molecule has 4 unspecified atom stereocenters. The van der Waals surface area contributed by atoms with E-state index in [-0.39, 0.29) is 29.8 Å². The van der Waals surface area contributed by atoms with Gasteiger partial charge in [0.1, 0.15) is 11.7 Å². The Balaban J connectivity index is 1.44. The molecule has 1 aromatic rings. The number of rotatable bonds is 5. The van der Waals surface area contributed by atoms with Crippen LogP contribution in [0.3, 0.4) is 0 Å². The second-order valence-corrected chi connectivity index (χ2v) is 10.6.